The molecule has 12 nitrogen and oxygen atoms in total. The van der Waals surface area contributed by atoms with Crippen molar-refractivity contribution in [2.75, 3.05) is 38.6 Å². The van der Waals surface area contributed by atoms with Crippen LogP contribution in [0, 0.1) is 20.8 Å². The number of phenols is 3. The Balaban J connectivity index is 1.61. The molecule has 0 radical (unpaired) electrons. The molecule has 0 spiro atoms. The molecule has 0 saturated heterocycles. The van der Waals surface area contributed by atoms with E-state index in [1.54, 1.807) is 35.3 Å². The number of nitrogens with zero attached hydrogens (tertiary/aromatic N) is 3. The van der Waals surface area contributed by atoms with Crippen molar-refractivity contribution in [3.63, 3.8) is 0 Å². The molecule has 0 unspecified atom stereocenters. The van der Waals surface area contributed by atoms with E-state index in [-0.39, 0.29) is 56.5 Å². The monoisotopic (exact) mass is 999 g/mol. The Bertz CT molecular complexity index is 2190. The van der Waals surface area contributed by atoms with E-state index in [1.807, 2.05) is 71.9 Å². The first-order chi connectivity index (χ1) is 33.1. The molecule has 3 atom stereocenters. The highest BCUT2D eigenvalue weighted by Gasteiger charge is 2.35. The minimum Gasteiger partial charge on any atom is -0.507 e. The molecule has 15 heteroatoms. The van der Waals surface area contributed by atoms with Gasteiger partial charge < -0.3 is 29.5 Å². The average molecular weight is 1000 g/mol. The summed E-state index contributed by atoms with van der Waals surface area (Å²) >= 11 is 5.05. The van der Waals surface area contributed by atoms with Gasteiger partial charge in [0.2, 0.25) is 0 Å². The number of rotatable bonds is 6. The third-order valence-corrected chi connectivity index (χ3v) is 17.2. The van der Waals surface area contributed by atoms with Gasteiger partial charge >= 0.3 is 17.9 Å². The number of carbonyl (C=O) groups excluding carboxylic acids is 3. The molecule has 0 aliphatic carbocycles. The highest BCUT2D eigenvalue weighted by atomic mass is 32.2. The molecule has 372 valence electrons. The van der Waals surface area contributed by atoms with E-state index in [9.17, 15) is 29.7 Å². The second-order valence-electron chi connectivity index (χ2n) is 18.6. The Hall–Kier alpha value is -4.38. The summed E-state index contributed by atoms with van der Waals surface area (Å²) in [5.41, 5.74) is 13.6. The Morgan fingerprint density at radius 1 is 0.464 bits per heavy atom. The molecule has 8 rings (SSSR count). The van der Waals surface area contributed by atoms with E-state index in [1.165, 1.54) is 54.7 Å². The minimum absolute atomic E-state index is 0.0285. The van der Waals surface area contributed by atoms with E-state index < -0.39 is 36.0 Å². The highest BCUT2D eigenvalue weighted by Crippen LogP contribution is 2.41. The predicted molar refractivity (Wildman–Crippen MR) is 277 cm³/mol. The van der Waals surface area contributed by atoms with Crippen LogP contribution < -0.4 is 0 Å². The largest absolute Gasteiger partial charge is 0.507 e. The van der Waals surface area contributed by atoms with Crippen LogP contribution in [0.25, 0.3) is 0 Å². The van der Waals surface area contributed by atoms with Gasteiger partial charge in [0.1, 0.15) is 35.4 Å². The van der Waals surface area contributed by atoms with Crippen LogP contribution >= 0.6 is 35.3 Å². The zero-order valence-electron chi connectivity index (χ0n) is 41.7. The number of aromatic hydroxyl groups is 3. The van der Waals surface area contributed by atoms with Crippen LogP contribution in [0.3, 0.4) is 0 Å². The first-order valence-corrected chi connectivity index (χ1v) is 27.4. The van der Waals surface area contributed by atoms with Gasteiger partial charge in [-0.05, 0) is 73.4 Å². The summed E-state index contributed by atoms with van der Waals surface area (Å²) in [7, 11) is 4.20. The third-order valence-electron chi connectivity index (χ3n) is 14.0. The molecule has 0 saturated carbocycles. The molecule has 4 aliphatic heterocycles. The van der Waals surface area contributed by atoms with Gasteiger partial charge in [-0.3, -0.25) is 29.1 Å². The number of fused-ring (bicyclic) bond motifs is 9. The zero-order chi connectivity index (χ0) is 49.7. The summed E-state index contributed by atoms with van der Waals surface area (Å²) in [6.07, 6.45) is 2.36. The van der Waals surface area contributed by atoms with Crippen molar-refractivity contribution in [3.05, 3.63) is 120 Å². The van der Waals surface area contributed by atoms with Gasteiger partial charge in [0, 0.05) is 107 Å². The molecule has 4 aromatic rings. The highest BCUT2D eigenvalue weighted by molar-refractivity contribution is 7.99. The van der Waals surface area contributed by atoms with E-state index in [2.05, 4.69) is 20.8 Å². The van der Waals surface area contributed by atoms with Crippen LogP contribution in [0.5, 0.6) is 17.2 Å². The quantitative estimate of drug-likeness (QED) is 0.125. The van der Waals surface area contributed by atoms with Gasteiger partial charge in [0.05, 0.1) is 21.3 Å². The molecule has 0 fully saturated rings. The number of ether oxygens (including phenoxy) is 3. The number of thioether (sulfide) groups is 3. The van der Waals surface area contributed by atoms with Crippen molar-refractivity contribution in [1.82, 2.24) is 14.7 Å². The molecule has 0 amide bonds. The van der Waals surface area contributed by atoms with Crippen molar-refractivity contribution in [1.29, 1.82) is 0 Å². The van der Waals surface area contributed by atoms with Gasteiger partial charge in [-0.15, -0.1) is 0 Å². The summed E-state index contributed by atoms with van der Waals surface area (Å²) in [5, 5.41) is 37.4. The molecule has 69 heavy (non-hydrogen) atoms. The first kappa shape index (κ1) is 52.4. The maximum Gasteiger partial charge on any atom is 0.323 e. The van der Waals surface area contributed by atoms with Crippen LogP contribution in [0.15, 0.2) is 36.4 Å². The van der Waals surface area contributed by atoms with Crippen LogP contribution in [0.4, 0.5) is 0 Å². The van der Waals surface area contributed by atoms with Gasteiger partial charge in [-0.25, -0.2) is 0 Å². The van der Waals surface area contributed by atoms with Crippen molar-refractivity contribution in [2.45, 2.75) is 135 Å². The first-order valence-electron chi connectivity index (χ1n) is 23.9. The number of phenolic OH excluding ortho intramolecular Hbond substituents is 3. The van der Waals surface area contributed by atoms with E-state index in [4.69, 9.17) is 14.2 Å². The van der Waals surface area contributed by atoms with Crippen molar-refractivity contribution in [3.8, 4) is 17.2 Å². The fourth-order valence-corrected chi connectivity index (χ4v) is 14.5. The molecule has 4 heterocycles. The lowest BCUT2D eigenvalue weighted by atomic mass is 9.85. The Morgan fingerprint density at radius 2 is 0.681 bits per heavy atom. The summed E-state index contributed by atoms with van der Waals surface area (Å²) in [5.74, 6) is 1.84. The Morgan fingerprint density at radius 3 is 0.870 bits per heavy atom. The summed E-state index contributed by atoms with van der Waals surface area (Å²) in [6.45, 7) is 13.2. The van der Waals surface area contributed by atoms with Gasteiger partial charge in [-0.1, -0.05) is 73.9 Å². The lowest BCUT2D eigenvalue weighted by molar-refractivity contribution is -0.147. The average Bonchev–Trinajstić information content (AvgIpc) is 3.32. The smallest absolute Gasteiger partial charge is 0.323 e. The normalized spacial score (nSPS) is 22.2. The predicted octanol–water partition coefficient (Wildman–Crippen LogP) is 8.79. The number of carbonyl (C=O) groups is 3. The molecule has 4 aromatic carbocycles. The maximum atomic E-state index is 14.3. The molecule has 3 N–H and O–H groups in total. The Kier molecular flexibility index (Phi) is 17.7. The molecule has 12 bridgehead atoms. The number of hydrogen-bond acceptors (Lipinski definition) is 15. The van der Waals surface area contributed by atoms with Crippen LogP contribution in [0.1, 0.15) is 104 Å². The fourth-order valence-electron chi connectivity index (χ4n) is 10.8. The molecule has 4 aliphatic rings. The van der Waals surface area contributed by atoms with Crippen molar-refractivity contribution >= 4 is 53.2 Å². The zero-order valence-corrected chi connectivity index (χ0v) is 44.1. The second-order valence-corrected chi connectivity index (χ2v) is 21.7. The van der Waals surface area contributed by atoms with Crippen molar-refractivity contribution < 1.29 is 43.9 Å². The number of benzene rings is 4. The van der Waals surface area contributed by atoms with Crippen LogP contribution in [-0.4, -0.2) is 105 Å². The summed E-state index contributed by atoms with van der Waals surface area (Å²) in [4.78, 5) is 48.9. The van der Waals surface area contributed by atoms with Crippen LogP contribution in [0.2, 0.25) is 0 Å². The minimum atomic E-state index is -0.790. The number of methoxy groups -OCH3 is 3. The van der Waals surface area contributed by atoms with Gasteiger partial charge in [0.25, 0.3) is 0 Å². The van der Waals surface area contributed by atoms with Gasteiger partial charge in [0.15, 0.2) is 0 Å². The number of hydrogen-bond donors (Lipinski definition) is 3. The lowest BCUT2D eigenvalue weighted by Gasteiger charge is -2.34. The third kappa shape index (κ3) is 11.4. The van der Waals surface area contributed by atoms with Crippen molar-refractivity contribution in [2.24, 2.45) is 0 Å². The number of aryl methyl sites for hydroxylation is 3. The maximum absolute atomic E-state index is 14.3. The standard InChI is InChI=1S/C54H69N3O9S3/c1-10-40-43-25-67-28-46(52(61)64-7)55-19-34-13-31(4)14-35(49(34)58)20-56-22-37-16-33(6)18-39(51(37)60)24-57(23-38-17-32(5)15-36(21-55)50(38)59)48(54(63)66-9)30-69-27-45(41(43)11-2)42(12-3)44(40)26-68-29-47(56)53(62)65-8/h13-18,46-48,58-60H,10-12,19-30H2,1-9H3/t46-,47-,48-/m0/s1. The van der Waals surface area contributed by atoms with Gasteiger partial charge in [-0.2, -0.15) is 35.3 Å². The lowest BCUT2D eigenvalue weighted by Crippen LogP contribution is -2.44. The fraction of sp³-hybridized carbons (Fsp3) is 0.500. The summed E-state index contributed by atoms with van der Waals surface area (Å²) in [6, 6.07) is 9.15. The van der Waals surface area contributed by atoms with E-state index >= 15 is 0 Å². The molecule has 0 aromatic heterocycles. The second kappa shape index (κ2) is 23.2. The van der Waals surface area contributed by atoms with E-state index in [0.29, 0.717) is 67.9 Å². The van der Waals surface area contributed by atoms with E-state index in [0.717, 1.165) is 36.0 Å². The number of esters is 3. The molecular weight excluding hydrogens is 931 g/mol. The SMILES string of the molecule is CCc1c2c(CC)c3c(CC)c1CSC[C@@H](C(=O)OC)N1Cc4cc(C)cc(c4O)CN(Cc4cc(C)cc(c4O)CN(Cc4cc(C)cc(c4O)C1)[C@H](C(=O)OC)CSC3)[C@H](C(=O)OC)CSC2. The molecular formula is C54H69N3O9S3. The topological polar surface area (TPSA) is 149 Å². The summed E-state index contributed by atoms with van der Waals surface area (Å²) < 4.78 is 16.8. The Labute approximate surface area is 420 Å². The van der Waals surface area contributed by atoms with Crippen LogP contribution in [-0.2, 0) is 104 Å².